The van der Waals surface area contributed by atoms with Gasteiger partial charge in [-0.15, -0.1) is 0 Å². The van der Waals surface area contributed by atoms with E-state index >= 15 is 0 Å². The van der Waals surface area contributed by atoms with E-state index in [9.17, 15) is 14.4 Å². The molecule has 2 fully saturated rings. The third-order valence-corrected chi connectivity index (χ3v) is 5.44. The molecule has 26 heavy (non-hydrogen) atoms. The number of rotatable bonds is 5. The van der Waals surface area contributed by atoms with Crippen molar-refractivity contribution >= 4 is 17.8 Å². The second-order valence-corrected chi connectivity index (χ2v) is 7.27. The monoisotopic (exact) mass is 362 g/mol. The molecule has 2 heterocycles. The average Bonchev–Trinajstić information content (AvgIpc) is 3.32. The average molecular weight is 362 g/mol. The minimum Gasteiger partial charge on any atom is -0.481 e. The Morgan fingerprint density at radius 3 is 2.46 bits per heavy atom. The molecule has 1 saturated carbocycles. The third-order valence-electron chi connectivity index (χ3n) is 5.44. The summed E-state index contributed by atoms with van der Waals surface area (Å²) in [6, 6.07) is 2.08. The topological polar surface area (TPSA) is 95.7 Å². The van der Waals surface area contributed by atoms with Crippen LogP contribution in [0.4, 0.5) is 0 Å². The van der Waals surface area contributed by atoms with Gasteiger partial charge in [-0.2, -0.15) is 5.10 Å². The molecule has 1 aromatic heterocycles. The molecule has 0 radical (unpaired) electrons. The number of piperidine rings is 1. The molecule has 1 aliphatic carbocycles. The minimum atomic E-state index is -0.803. The highest BCUT2D eigenvalue weighted by Crippen LogP contribution is 2.28. The Morgan fingerprint density at radius 2 is 1.85 bits per heavy atom. The molecule has 0 spiro atoms. The molecule has 1 saturated heterocycles. The summed E-state index contributed by atoms with van der Waals surface area (Å²) in [5.41, 5.74) is 0.358. The van der Waals surface area contributed by atoms with E-state index in [2.05, 4.69) is 5.10 Å². The molecule has 1 N–H and O–H groups in total. The smallest absolute Gasteiger partial charge is 0.306 e. The van der Waals surface area contributed by atoms with Crippen molar-refractivity contribution < 1.29 is 19.5 Å². The number of aromatic nitrogens is 2. The molecular formula is C18H26N4O4. The molecule has 0 bridgehead atoms. The van der Waals surface area contributed by atoms with Gasteiger partial charge in [0.1, 0.15) is 5.69 Å². The predicted octanol–water partition coefficient (Wildman–Crippen LogP) is 1.39. The van der Waals surface area contributed by atoms with Crippen molar-refractivity contribution in [2.24, 2.45) is 5.92 Å². The molecule has 8 nitrogen and oxygen atoms in total. The Kier molecular flexibility index (Phi) is 5.58. The zero-order valence-electron chi connectivity index (χ0n) is 15.1. The summed E-state index contributed by atoms with van der Waals surface area (Å²) >= 11 is 0. The van der Waals surface area contributed by atoms with Gasteiger partial charge in [0.25, 0.3) is 5.91 Å². The maximum atomic E-state index is 12.5. The summed E-state index contributed by atoms with van der Waals surface area (Å²) < 4.78 is 1.87. The zero-order chi connectivity index (χ0) is 18.7. The molecule has 0 unspecified atom stereocenters. The molecule has 2 amide bonds. The van der Waals surface area contributed by atoms with Crippen molar-refractivity contribution in [3.8, 4) is 0 Å². The molecule has 0 aromatic carbocycles. The SMILES string of the molecule is CN(CC(=O)N1CCC(C(=O)O)CC1)C(=O)c1ccn(C2CCCC2)n1. The van der Waals surface area contributed by atoms with Crippen LogP contribution in [-0.2, 0) is 9.59 Å². The van der Waals surface area contributed by atoms with E-state index in [1.165, 1.54) is 17.7 Å². The van der Waals surface area contributed by atoms with E-state index in [-0.39, 0.29) is 24.3 Å². The first-order valence-electron chi connectivity index (χ1n) is 9.27. The van der Waals surface area contributed by atoms with Crippen LogP contribution in [0.2, 0.25) is 0 Å². The highest BCUT2D eigenvalue weighted by atomic mass is 16.4. The van der Waals surface area contributed by atoms with E-state index in [0.29, 0.717) is 37.7 Å². The summed E-state index contributed by atoms with van der Waals surface area (Å²) in [4.78, 5) is 38.9. The van der Waals surface area contributed by atoms with Gasteiger partial charge in [-0.05, 0) is 31.7 Å². The number of likely N-dealkylation sites (N-methyl/N-ethyl adjacent to an activating group) is 1. The lowest BCUT2D eigenvalue weighted by molar-refractivity contribution is -0.145. The van der Waals surface area contributed by atoms with Gasteiger partial charge < -0.3 is 14.9 Å². The van der Waals surface area contributed by atoms with Crippen molar-refractivity contribution in [3.05, 3.63) is 18.0 Å². The number of likely N-dealkylation sites (tertiary alicyclic amines) is 1. The van der Waals surface area contributed by atoms with E-state index in [1.54, 1.807) is 18.0 Å². The molecule has 2 aliphatic rings. The highest BCUT2D eigenvalue weighted by molar-refractivity contribution is 5.94. The Bertz CT molecular complexity index is 672. The number of carbonyl (C=O) groups excluding carboxylic acids is 2. The number of hydrogen-bond donors (Lipinski definition) is 1. The fraction of sp³-hybridized carbons (Fsp3) is 0.667. The maximum absolute atomic E-state index is 12.5. The van der Waals surface area contributed by atoms with Gasteiger partial charge in [0.2, 0.25) is 5.91 Å². The number of aliphatic carboxylic acids is 1. The summed E-state index contributed by atoms with van der Waals surface area (Å²) in [6.07, 6.45) is 7.35. The number of hydrogen-bond acceptors (Lipinski definition) is 4. The second-order valence-electron chi connectivity index (χ2n) is 7.27. The van der Waals surface area contributed by atoms with Crippen LogP contribution < -0.4 is 0 Å². The lowest BCUT2D eigenvalue weighted by atomic mass is 9.97. The van der Waals surface area contributed by atoms with Crippen LogP contribution in [0.1, 0.15) is 55.1 Å². The van der Waals surface area contributed by atoms with Crippen molar-refractivity contribution in [2.75, 3.05) is 26.7 Å². The van der Waals surface area contributed by atoms with Crippen LogP contribution >= 0.6 is 0 Å². The number of carboxylic acid groups (broad SMARTS) is 1. The first-order valence-corrected chi connectivity index (χ1v) is 9.27. The number of amides is 2. The highest BCUT2D eigenvalue weighted by Gasteiger charge is 2.28. The van der Waals surface area contributed by atoms with Crippen molar-refractivity contribution in [1.29, 1.82) is 0 Å². The van der Waals surface area contributed by atoms with Gasteiger partial charge in [-0.1, -0.05) is 12.8 Å². The fourth-order valence-electron chi connectivity index (χ4n) is 3.77. The van der Waals surface area contributed by atoms with Gasteiger partial charge in [-0.25, -0.2) is 0 Å². The first-order chi connectivity index (χ1) is 12.5. The van der Waals surface area contributed by atoms with Crippen molar-refractivity contribution in [3.63, 3.8) is 0 Å². The Morgan fingerprint density at radius 1 is 1.19 bits per heavy atom. The number of nitrogens with zero attached hydrogens (tertiary/aromatic N) is 4. The lowest BCUT2D eigenvalue weighted by Gasteiger charge is -2.31. The van der Waals surface area contributed by atoms with Gasteiger partial charge in [-0.3, -0.25) is 19.1 Å². The Labute approximate surface area is 152 Å². The summed E-state index contributed by atoms with van der Waals surface area (Å²) in [6.45, 7) is 0.829. The van der Waals surface area contributed by atoms with Gasteiger partial charge >= 0.3 is 5.97 Å². The molecule has 3 rings (SSSR count). The van der Waals surface area contributed by atoms with Crippen LogP contribution in [0.15, 0.2) is 12.3 Å². The summed E-state index contributed by atoms with van der Waals surface area (Å²) in [5, 5.41) is 13.4. The maximum Gasteiger partial charge on any atom is 0.306 e. The quantitative estimate of drug-likeness (QED) is 0.854. The molecule has 0 atom stereocenters. The van der Waals surface area contributed by atoms with Gasteiger partial charge in [0.15, 0.2) is 0 Å². The van der Waals surface area contributed by atoms with E-state index in [0.717, 1.165) is 12.8 Å². The standard InChI is InChI=1S/C18H26N4O4/c1-20(12-16(23)21-9-6-13(7-10-21)18(25)26)17(24)15-8-11-22(19-15)14-4-2-3-5-14/h8,11,13-14H,2-7,9-10,12H2,1H3,(H,25,26). The third kappa shape index (κ3) is 4.05. The Balaban J connectivity index is 1.52. The normalized spacial score (nSPS) is 18.9. The van der Waals surface area contributed by atoms with E-state index in [4.69, 9.17) is 5.11 Å². The van der Waals surface area contributed by atoms with Crippen LogP contribution in [0.3, 0.4) is 0 Å². The predicted molar refractivity (Wildman–Crippen MR) is 93.6 cm³/mol. The molecule has 1 aliphatic heterocycles. The van der Waals surface area contributed by atoms with Crippen molar-refractivity contribution in [1.82, 2.24) is 19.6 Å². The van der Waals surface area contributed by atoms with Crippen LogP contribution in [0, 0.1) is 5.92 Å². The van der Waals surface area contributed by atoms with Crippen LogP contribution in [-0.4, -0.2) is 69.2 Å². The van der Waals surface area contributed by atoms with Crippen LogP contribution in [0.5, 0.6) is 0 Å². The summed E-state index contributed by atoms with van der Waals surface area (Å²) in [5.74, 6) is -1.60. The molecule has 1 aromatic rings. The second kappa shape index (κ2) is 7.88. The van der Waals surface area contributed by atoms with E-state index in [1.807, 2.05) is 10.9 Å². The van der Waals surface area contributed by atoms with Gasteiger partial charge in [0, 0.05) is 26.3 Å². The fourth-order valence-corrected chi connectivity index (χ4v) is 3.77. The van der Waals surface area contributed by atoms with Crippen LogP contribution in [0.25, 0.3) is 0 Å². The minimum absolute atomic E-state index is 0.0210. The summed E-state index contributed by atoms with van der Waals surface area (Å²) in [7, 11) is 1.60. The lowest BCUT2D eigenvalue weighted by Crippen LogP contribution is -2.45. The van der Waals surface area contributed by atoms with Crippen molar-refractivity contribution in [2.45, 2.75) is 44.6 Å². The number of carboxylic acids is 1. The zero-order valence-corrected chi connectivity index (χ0v) is 15.1. The Hall–Kier alpha value is -2.38. The largest absolute Gasteiger partial charge is 0.481 e. The number of carbonyl (C=O) groups is 3. The first kappa shape index (κ1) is 18.4. The van der Waals surface area contributed by atoms with E-state index < -0.39 is 5.97 Å². The molecular weight excluding hydrogens is 336 g/mol. The molecule has 142 valence electrons. The van der Waals surface area contributed by atoms with Gasteiger partial charge in [0.05, 0.1) is 18.5 Å². The molecule has 8 heteroatoms.